The van der Waals surface area contributed by atoms with E-state index in [1.165, 1.54) is 69.8 Å². The number of fused-ring (bicyclic) bond motifs is 5. The second kappa shape index (κ2) is 21.0. The number of nitrogens with zero attached hydrogens (tertiary/aromatic N) is 1. The molecule has 0 saturated heterocycles. The Morgan fingerprint density at radius 3 is 2.29 bits per heavy atom. The van der Waals surface area contributed by atoms with Gasteiger partial charge in [0.05, 0.1) is 12.7 Å². The molecule has 1 amide bonds. The van der Waals surface area contributed by atoms with Gasteiger partial charge in [-0.2, -0.15) is 0 Å². The molecule has 1 aromatic carbocycles. The summed E-state index contributed by atoms with van der Waals surface area (Å²) in [5, 5.41) is 17.3. The van der Waals surface area contributed by atoms with Crippen LogP contribution in [0.4, 0.5) is 4.79 Å². The van der Waals surface area contributed by atoms with Gasteiger partial charge in [-0.3, -0.25) is 4.79 Å². The maximum atomic E-state index is 11.0. The Morgan fingerprint density at radius 2 is 1.63 bits per heavy atom. The van der Waals surface area contributed by atoms with Crippen LogP contribution in [0.3, 0.4) is 0 Å². The molecule has 1 aromatic rings. The Labute approximate surface area is 365 Å². The molecular weight excluding hydrogens is 744 g/mol. The molecule has 10 heteroatoms. The molecule has 5 unspecified atom stereocenters. The van der Waals surface area contributed by atoms with E-state index in [2.05, 4.69) is 114 Å². The lowest BCUT2D eigenvalue weighted by Gasteiger charge is -2.63. The lowest BCUT2D eigenvalue weighted by atomic mass is 9.43. The molecule has 4 saturated carbocycles. The van der Waals surface area contributed by atoms with Gasteiger partial charge in [0.15, 0.2) is 22.0 Å². The van der Waals surface area contributed by atoms with Crippen LogP contribution >= 0.6 is 0 Å². The molecule has 2 radical (unpaired) electrons. The van der Waals surface area contributed by atoms with Gasteiger partial charge in [-0.25, -0.2) is 0 Å². The average Bonchev–Trinajstić information content (AvgIpc) is 3.53. The summed E-state index contributed by atoms with van der Waals surface area (Å²) in [4.78, 5) is 13.1. The summed E-state index contributed by atoms with van der Waals surface area (Å²) in [6.45, 7) is 30.6. The molecule has 332 valence electrons. The number of unbranched alkanes of at least 4 members (excludes halogenated alkanes) is 1. The fourth-order valence-electron chi connectivity index (χ4n) is 12.7. The summed E-state index contributed by atoms with van der Waals surface area (Å²) in [5.74, 6) is 4.35. The SMILES string of the molecule is [B]C(=O)NCCCCN(CCCN[C@H]1CC[C@@]2(C)C(C1)C[C@H](OCc1ccccc1)C1C2CC[C@@]2(C)C1CC[C@@H]2[C@@H](C)CCC(O[Si](C)(C)C(C)(C)C)C(C)C)B(C)O. The van der Waals surface area contributed by atoms with Gasteiger partial charge >= 0.3 is 7.05 Å². The fraction of sp³-hybridized carbons (Fsp3) is 0.857. The largest absolute Gasteiger partial charge is 0.437 e. The van der Waals surface area contributed by atoms with E-state index in [9.17, 15) is 9.82 Å². The monoisotopic (exact) mass is 832 g/mol. The molecule has 0 aliphatic heterocycles. The number of hydrogen-bond acceptors (Lipinski definition) is 6. The summed E-state index contributed by atoms with van der Waals surface area (Å²) in [7, 11) is 2.90. The van der Waals surface area contributed by atoms with E-state index in [1.807, 2.05) is 6.82 Å². The zero-order chi connectivity index (χ0) is 43.2. The normalized spacial score (nSPS) is 32.0. The van der Waals surface area contributed by atoms with Crippen LogP contribution in [0, 0.1) is 52.3 Å². The highest BCUT2D eigenvalue weighted by atomic mass is 28.4. The van der Waals surface area contributed by atoms with E-state index in [0.29, 0.717) is 59.3 Å². The predicted molar refractivity (Wildman–Crippen MR) is 251 cm³/mol. The van der Waals surface area contributed by atoms with Crippen molar-refractivity contribution in [2.75, 3.05) is 26.2 Å². The average molecular weight is 832 g/mol. The molecular formula is C49H87B2N3O4Si. The van der Waals surface area contributed by atoms with E-state index in [4.69, 9.17) is 17.0 Å². The van der Waals surface area contributed by atoms with E-state index in [0.717, 1.165) is 63.3 Å². The van der Waals surface area contributed by atoms with Gasteiger partial charge in [-0.05, 0) is 186 Å². The highest BCUT2D eigenvalue weighted by molar-refractivity contribution is 6.74. The van der Waals surface area contributed by atoms with Crippen LogP contribution in [0.25, 0.3) is 0 Å². The molecule has 4 aliphatic rings. The van der Waals surface area contributed by atoms with Crippen LogP contribution in [-0.2, 0) is 15.8 Å². The van der Waals surface area contributed by atoms with Gasteiger partial charge in [0, 0.05) is 18.7 Å². The van der Waals surface area contributed by atoms with Crippen LogP contribution < -0.4 is 10.6 Å². The first-order valence-corrected chi connectivity index (χ1v) is 27.2. The van der Waals surface area contributed by atoms with Crippen molar-refractivity contribution in [3.8, 4) is 0 Å². The lowest BCUT2D eigenvalue weighted by Crippen LogP contribution is -2.60. The lowest BCUT2D eigenvalue weighted by molar-refractivity contribution is -0.185. The summed E-state index contributed by atoms with van der Waals surface area (Å²) in [5.41, 5.74) is 2.05. The van der Waals surface area contributed by atoms with Crippen molar-refractivity contribution in [1.29, 1.82) is 0 Å². The molecule has 0 aromatic heterocycles. The summed E-state index contributed by atoms with van der Waals surface area (Å²) in [6, 6.07) is 11.4. The first kappa shape index (κ1) is 48.9. The highest BCUT2D eigenvalue weighted by Gasteiger charge is 2.63. The van der Waals surface area contributed by atoms with E-state index >= 15 is 0 Å². The molecule has 3 N–H and O–H groups in total. The van der Waals surface area contributed by atoms with E-state index < -0.39 is 21.2 Å². The van der Waals surface area contributed by atoms with Gasteiger partial charge in [0.2, 0.25) is 0 Å². The number of nitrogens with one attached hydrogen (secondary N) is 2. The van der Waals surface area contributed by atoms with Gasteiger partial charge in [0.25, 0.3) is 0 Å². The smallest absolute Gasteiger partial charge is 0.376 e. The predicted octanol–water partition coefficient (Wildman–Crippen LogP) is 10.7. The topological polar surface area (TPSA) is 83.1 Å². The van der Waals surface area contributed by atoms with Crippen molar-refractivity contribution in [3.63, 3.8) is 0 Å². The third kappa shape index (κ3) is 12.1. The molecule has 5 rings (SSSR count). The number of benzene rings is 1. The molecule has 4 aliphatic carbocycles. The van der Waals surface area contributed by atoms with Crippen LogP contribution in [0.5, 0.6) is 0 Å². The van der Waals surface area contributed by atoms with Crippen molar-refractivity contribution in [3.05, 3.63) is 35.9 Å². The summed E-state index contributed by atoms with van der Waals surface area (Å²) in [6.07, 6.45) is 16.4. The molecule has 4 fully saturated rings. The van der Waals surface area contributed by atoms with E-state index in [-0.39, 0.29) is 5.04 Å². The van der Waals surface area contributed by atoms with Crippen molar-refractivity contribution in [2.45, 2.75) is 189 Å². The number of carbonyl (C=O) groups excluding carboxylic acids is 1. The summed E-state index contributed by atoms with van der Waals surface area (Å²) < 4.78 is 14.3. The minimum atomic E-state index is -1.83. The minimum absolute atomic E-state index is 0.234. The number of rotatable bonds is 21. The quantitative estimate of drug-likeness (QED) is 0.0846. The number of ether oxygens (including phenoxy) is 1. The van der Waals surface area contributed by atoms with Crippen LogP contribution in [0.15, 0.2) is 30.3 Å². The first-order valence-electron chi connectivity index (χ1n) is 24.3. The standard InChI is InChI=1S/C49H87B2N3O4Si/c1-35(2)43(58-59(10,11)47(4,5)6)23-20-36(3)40-21-22-41-45-42(25-27-49(40,41)8)48(7)26-24-39(32-38(48)33-44(45)57-34-37-18-13-12-14-19-37)52-29-17-31-54(51(9)56)30-16-15-28-53-46(50)55/h12-14,18-19,35-36,38-45,52,56H,15-17,20-34H2,1-11H3,(H,53,55)/t36-,38?,39-,40+,41?,42?,43?,44-,45?,48-,49+/m0/s1. The molecule has 59 heavy (non-hydrogen) atoms. The maximum absolute atomic E-state index is 11.0. The number of hydrogen-bond donors (Lipinski definition) is 3. The van der Waals surface area contributed by atoms with Gasteiger partial charge in [-0.15, -0.1) is 0 Å². The zero-order valence-electron chi connectivity index (χ0n) is 39.7. The Balaban J connectivity index is 1.23. The van der Waals surface area contributed by atoms with Crippen molar-refractivity contribution in [1.82, 2.24) is 15.4 Å². The summed E-state index contributed by atoms with van der Waals surface area (Å²) >= 11 is 0. The van der Waals surface area contributed by atoms with Crippen molar-refractivity contribution < 1.29 is 19.0 Å². The molecule has 7 nitrogen and oxygen atoms in total. The highest BCUT2D eigenvalue weighted by Crippen LogP contribution is 2.69. The van der Waals surface area contributed by atoms with Crippen LogP contribution in [0.2, 0.25) is 25.0 Å². The van der Waals surface area contributed by atoms with Gasteiger partial charge in [-0.1, -0.05) is 85.7 Å². The van der Waals surface area contributed by atoms with Crippen molar-refractivity contribution in [2.24, 2.45) is 52.3 Å². The van der Waals surface area contributed by atoms with Crippen molar-refractivity contribution >= 4 is 29.0 Å². The minimum Gasteiger partial charge on any atom is -0.437 e. The zero-order valence-corrected chi connectivity index (χ0v) is 40.7. The third-order valence-electron chi connectivity index (χ3n) is 17.4. The number of amides is 1. The first-order chi connectivity index (χ1) is 27.8. The van der Waals surface area contributed by atoms with Gasteiger partial charge < -0.3 is 29.6 Å². The Bertz CT molecular complexity index is 1450. The van der Waals surface area contributed by atoms with Gasteiger partial charge in [0.1, 0.15) is 0 Å². The van der Waals surface area contributed by atoms with Crippen LogP contribution in [-0.4, -0.2) is 83.3 Å². The molecule has 0 bridgehead atoms. The number of carbonyl (C=O) groups is 1. The Hall–Kier alpha value is -1.16. The van der Waals surface area contributed by atoms with E-state index in [1.54, 1.807) is 0 Å². The molecule has 0 heterocycles. The maximum Gasteiger partial charge on any atom is 0.376 e. The van der Waals surface area contributed by atoms with Crippen LogP contribution in [0.1, 0.15) is 144 Å². The molecule has 11 atom stereocenters. The third-order valence-corrected chi connectivity index (χ3v) is 21.9. The fourth-order valence-corrected chi connectivity index (χ4v) is 14.2. The Morgan fingerprint density at radius 1 is 0.949 bits per heavy atom. The molecule has 0 spiro atoms. The second-order valence-corrected chi connectivity index (χ2v) is 27.2. The second-order valence-electron chi connectivity index (χ2n) is 22.5. The Kier molecular flexibility index (Phi) is 17.4.